The molecule has 4 heteroatoms. The molecule has 0 saturated heterocycles. The average Bonchev–Trinajstić information content (AvgIpc) is 2.47. The van der Waals surface area contributed by atoms with E-state index < -0.39 is 0 Å². The third-order valence-corrected chi connectivity index (χ3v) is 3.45. The van der Waals surface area contributed by atoms with Gasteiger partial charge in [-0.15, -0.1) is 0 Å². The second-order valence-corrected chi connectivity index (χ2v) is 4.97. The normalized spacial score (nSPS) is 12.2. The maximum absolute atomic E-state index is 12.5. The topological polar surface area (TPSA) is 57.2 Å². The van der Waals surface area contributed by atoms with Gasteiger partial charge in [-0.05, 0) is 45.0 Å². The predicted molar refractivity (Wildman–Crippen MR) is 85.6 cm³/mol. The Balaban J connectivity index is 2.56. The first kappa shape index (κ1) is 15.3. The lowest BCUT2D eigenvalue weighted by molar-refractivity contribution is 0.340. The second kappa shape index (κ2) is 6.59. The number of rotatable bonds is 5. The number of hydrogen-bond acceptors (Lipinski definition) is 3. The number of nitrogens with two attached hydrogens (primary N) is 1. The lowest BCUT2D eigenvalue weighted by atomic mass is 10.1. The van der Waals surface area contributed by atoms with Crippen molar-refractivity contribution < 1.29 is 4.74 Å². The van der Waals surface area contributed by atoms with Crippen molar-refractivity contribution in [3.8, 4) is 17.0 Å². The standard InChI is InChI=1S/C17H22N2O2/c1-4-19-16(10-9-15(12(3)18)17(19)20)13-7-6-8-14(11-13)21-5-2/h6-12H,4-5,18H2,1-3H3. The van der Waals surface area contributed by atoms with Crippen molar-refractivity contribution in [1.82, 2.24) is 4.57 Å². The molecule has 1 unspecified atom stereocenters. The highest BCUT2D eigenvalue weighted by molar-refractivity contribution is 5.62. The minimum absolute atomic E-state index is 0.0215. The Morgan fingerprint density at radius 2 is 2.00 bits per heavy atom. The zero-order valence-corrected chi connectivity index (χ0v) is 12.8. The average molecular weight is 286 g/mol. The van der Waals surface area contributed by atoms with Crippen LogP contribution in [0.25, 0.3) is 11.3 Å². The number of benzene rings is 1. The first-order chi connectivity index (χ1) is 10.1. The third kappa shape index (κ3) is 3.16. The van der Waals surface area contributed by atoms with E-state index in [1.54, 1.807) is 4.57 Å². The molecule has 0 saturated carbocycles. The maximum Gasteiger partial charge on any atom is 0.255 e. The van der Waals surface area contributed by atoms with Gasteiger partial charge in [-0.1, -0.05) is 12.1 Å². The van der Waals surface area contributed by atoms with Gasteiger partial charge in [0.1, 0.15) is 5.75 Å². The zero-order chi connectivity index (χ0) is 15.4. The van der Waals surface area contributed by atoms with Crippen LogP contribution < -0.4 is 16.0 Å². The fraction of sp³-hybridized carbons (Fsp3) is 0.353. The molecule has 0 fully saturated rings. The SMILES string of the molecule is CCOc1cccc(-c2ccc(C(C)N)c(=O)n2CC)c1. The summed E-state index contributed by atoms with van der Waals surface area (Å²) in [6.07, 6.45) is 0. The first-order valence-corrected chi connectivity index (χ1v) is 7.31. The van der Waals surface area contributed by atoms with Gasteiger partial charge in [0.15, 0.2) is 0 Å². The number of hydrogen-bond donors (Lipinski definition) is 1. The van der Waals surface area contributed by atoms with Crippen molar-refractivity contribution in [3.63, 3.8) is 0 Å². The molecule has 0 radical (unpaired) electrons. The summed E-state index contributed by atoms with van der Waals surface area (Å²) in [5.74, 6) is 0.807. The lowest BCUT2D eigenvalue weighted by Gasteiger charge is -2.15. The van der Waals surface area contributed by atoms with Gasteiger partial charge in [0.05, 0.1) is 12.3 Å². The summed E-state index contributed by atoms with van der Waals surface area (Å²) < 4.78 is 7.28. The molecule has 0 amide bonds. The van der Waals surface area contributed by atoms with Crippen LogP contribution in [0, 0.1) is 0 Å². The highest BCUT2D eigenvalue weighted by Gasteiger charge is 2.12. The molecule has 0 aliphatic heterocycles. The van der Waals surface area contributed by atoms with Crippen molar-refractivity contribution in [2.24, 2.45) is 5.73 Å². The van der Waals surface area contributed by atoms with E-state index in [0.29, 0.717) is 18.7 Å². The molecule has 4 nitrogen and oxygen atoms in total. The van der Waals surface area contributed by atoms with Crippen LogP contribution in [-0.4, -0.2) is 11.2 Å². The van der Waals surface area contributed by atoms with Gasteiger partial charge >= 0.3 is 0 Å². The molecule has 1 atom stereocenters. The molecule has 0 aliphatic rings. The molecule has 0 spiro atoms. The summed E-state index contributed by atoms with van der Waals surface area (Å²) in [4.78, 5) is 12.5. The summed E-state index contributed by atoms with van der Waals surface area (Å²) in [5, 5.41) is 0. The van der Waals surface area contributed by atoms with E-state index >= 15 is 0 Å². The number of aromatic nitrogens is 1. The molecule has 1 heterocycles. The zero-order valence-electron chi connectivity index (χ0n) is 12.8. The van der Waals surface area contributed by atoms with E-state index in [2.05, 4.69) is 0 Å². The highest BCUT2D eigenvalue weighted by Crippen LogP contribution is 2.24. The molecule has 2 rings (SSSR count). The van der Waals surface area contributed by atoms with E-state index in [1.807, 2.05) is 57.2 Å². The molecule has 0 aliphatic carbocycles. The van der Waals surface area contributed by atoms with Crippen LogP contribution in [0.2, 0.25) is 0 Å². The quantitative estimate of drug-likeness (QED) is 0.919. The number of pyridine rings is 1. The van der Waals surface area contributed by atoms with Crippen LogP contribution in [-0.2, 0) is 6.54 Å². The summed E-state index contributed by atoms with van der Waals surface area (Å²) in [6, 6.07) is 11.3. The Bertz CT molecular complexity index is 675. The molecule has 1 aromatic carbocycles. The molecule has 112 valence electrons. The lowest BCUT2D eigenvalue weighted by Crippen LogP contribution is -2.27. The molecule has 2 aromatic rings. The summed E-state index contributed by atoms with van der Waals surface area (Å²) in [5.41, 5.74) is 8.33. The minimum Gasteiger partial charge on any atom is -0.494 e. The van der Waals surface area contributed by atoms with Crippen molar-refractivity contribution >= 4 is 0 Å². The van der Waals surface area contributed by atoms with Crippen LogP contribution in [0.3, 0.4) is 0 Å². The van der Waals surface area contributed by atoms with E-state index in [1.165, 1.54) is 0 Å². The summed E-state index contributed by atoms with van der Waals surface area (Å²) in [6.45, 7) is 6.96. The molecule has 21 heavy (non-hydrogen) atoms. The number of nitrogens with zero attached hydrogens (tertiary/aromatic N) is 1. The summed E-state index contributed by atoms with van der Waals surface area (Å²) in [7, 11) is 0. The predicted octanol–water partition coefficient (Wildman–Crippen LogP) is 2.95. The minimum atomic E-state index is -0.265. The van der Waals surface area contributed by atoms with Crippen LogP contribution >= 0.6 is 0 Å². The van der Waals surface area contributed by atoms with Crippen molar-refractivity contribution in [2.45, 2.75) is 33.4 Å². The van der Waals surface area contributed by atoms with E-state index in [0.717, 1.165) is 17.0 Å². The molecular weight excluding hydrogens is 264 g/mol. The van der Waals surface area contributed by atoms with Gasteiger partial charge < -0.3 is 15.0 Å². The van der Waals surface area contributed by atoms with E-state index in [4.69, 9.17) is 10.5 Å². The fourth-order valence-corrected chi connectivity index (χ4v) is 2.42. The fourth-order valence-electron chi connectivity index (χ4n) is 2.42. The second-order valence-electron chi connectivity index (χ2n) is 4.97. The Morgan fingerprint density at radius 1 is 1.24 bits per heavy atom. The maximum atomic E-state index is 12.5. The highest BCUT2D eigenvalue weighted by atomic mass is 16.5. The molecule has 0 bridgehead atoms. The van der Waals surface area contributed by atoms with Gasteiger partial charge in [-0.2, -0.15) is 0 Å². The van der Waals surface area contributed by atoms with E-state index in [-0.39, 0.29) is 11.6 Å². The van der Waals surface area contributed by atoms with Crippen molar-refractivity contribution in [2.75, 3.05) is 6.61 Å². The van der Waals surface area contributed by atoms with Crippen LogP contribution in [0.5, 0.6) is 5.75 Å². The van der Waals surface area contributed by atoms with Crippen LogP contribution in [0.15, 0.2) is 41.2 Å². The molecule has 1 aromatic heterocycles. The smallest absolute Gasteiger partial charge is 0.255 e. The van der Waals surface area contributed by atoms with Crippen LogP contribution in [0.4, 0.5) is 0 Å². The molecular formula is C17H22N2O2. The monoisotopic (exact) mass is 286 g/mol. The largest absolute Gasteiger partial charge is 0.494 e. The van der Waals surface area contributed by atoms with Crippen molar-refractivity contribution in [1.29, 1.82) is 0 Å². The summed E-state index contributed by atoms with van der Waals surface area (Å²) >= 11 is 0. The first-order valence-electron chi connectivity index (χ1n) is 7.31. The van der Waals surface area contributed by atoms with Crippen molar-refractivity contribution in [3.05, 3.63) is 52.3 Å². The van der Waals surface area contributed by atoms with E-state index in [9.17, 15) is 4.79 Å². The van der Waals surface area contributed by atoms with Gasteiger partial charge in [0.2, 0.25) is 0 Å². The number of ether oxygens (including phenoxy) is 1. The Hall–Kier alpha value is -2.07. The Labute approximate surface area is 125 Å². The third-order valence-electron chi connectivity index (χ3n) is 3.45. The Morgan fingerprint density at radius 3 is 2.62 bits per heavy atom. The van der Waals surface area contributed by atoms with Gasteiger partial charge in [0.25, 0.3) is 5.56 Å². The van der Waals surface area contributed by atoms with Gasteiger partial charge in [0, 0.05) is 23.7 Å². The molecule has 2 N–H and O–H groups in total. The van der Waals surface area contributed by atoms with Gasteiger partial charge in [-0.3, -0.25) is 4.79 Å². The Kier molecular flexibility index (Phi) is 4.81. The van der Waals surface area contributed by atoms with Gasteiger partial charge in [-0.25, -0.2) is 0 Å². The van der Waals surface area contributed by atoms with Crippen LogP contribution in [0.1, 0.15) is 32.4 Å².